The van der Waals surface area contributed by atoms with Gasteiger partial charge in [-0.05, 0) is 56.6 Å². The summed E-state index contributed by atoms with van der Waals surface area (Å²) in [5.41, 5.74) is 1.29. The number of amides is 2. The number of ether oxygens (including phenoxy) is 2. The van der Waals surface area contributed by atoms with Gasteiger partial charge < -0.3 is 19.3 Å². The van der Waals surface area contributed by atoms with Crippen molar-refractivity contribution in [3.8, 4) is 11.5 Å². The van der Waals surface area contributed by atoms with Crippen molar-refractivity contribution >= 4 is 34.4 Å². The number of piperidine rings is 1. The Balaban J connectivity index is 1.79. The van der Waals surface area contributed by atoms with Gasteiger partial charge in [0.15, 0.2) is 0 Å². The fraction of sp³-hybridized carbons (Fsp3) is 0.391. The van der Waals surface area contributed by atoms with E-state index >= 15 is 0 Å². The van der Waals surface area contributed by atoms with Crippen molar-refractivity contribution in [3.05, 3.63) is 46.3 Å². The normalized spacial score (nSPS) is 18.1. The molecule has 2 aliphatic rings. The quantitative estimate of drug-likeness (QED) is 0.642. The number of thiophene rings is 1. The predicted molar refractivity (Wildman–Crippen MR) is 122 cm³/mol. The molecule has 0 bridgehead atoms. The highest BCUT2D eigenvalue weighted by Crippen LogP contribution is 2.41. The molecule has 2 amide bonds. The highest BCUT2D eigenvalue weighted by Gasteiger charge is 2.44. The molecule has 1 fully saturated rings. The second kappa shape index (κ2) is 8.72. The monoisotopic (exact) mass is 441 g/mol. The third kappa shape index (κ3) is 3.81. The minimum absolute atomic E-state index is 0.199. The van der Waals surface area contributed by atoms with Crippen molar-refractivity contribution < 1.29 is 19.1 Å². The number of likely N-dealkylation sites (N-methyl/N-ethyl adjacent to an activating group) is 1. The lowest BCUT2D eigenvalue weighted by atomic mass is 10.0. The van der Waals surface area contributed by atoms with E-state index in [1.165, 1.54) is 23.3 Å². The molecule has 3 heterocycles. The lowest BCUT2D eigenvalue weighted by Gasteiger charge is -2.36. The first kappa shape index (κ1) is 21.4. The number of methoxy groups -OCH3 is 2. The molecule has 1 saturated heterocycles. The first-order valence-electron chi connectivity index (χ1n) is 10.3. The first-order valence-corrected chi connectivity index (χ1v) is 11.1. The minimum atomic E-state index is -0.339. The molecule has 0 radical (unpaired) electrons. The zero-order chi connectivity index (χ0) is 22.1. The zero-order valence-electron chi connectivity index (χ0n) is 18.3. The number of benzene rings is 1. The van der Waals surface area contributed by atoms with Crippen molar-refractivity contribution in [3.63, 3.8) is 0 Å². The number of hydrogen-bond acceptors (Lipinski definition) is 7. The van der Waals surface area contributed by atoms with Gasteiger partial charge in [-0.15, -0.1) is 11.3 Å². The van der Waals surface area contributed by atoms with E-state index < -0.39 is 0 Å². The average Bonchev–Trinajstić information content (AvgIpc) is 3.39. The van der Waals surface area contributed by atoms with E-state index in [4.69, 9.17) is 9.47 Å². The van der Waals surface area contributed by atoms with Crippen LogP contribution in [0.2, 0.25) is 0 Å². The SMILES string of the molecule is COc1ccc(OC)c(N2C(=O)C(c3cccs3)=C(N(C)C3CCN(C)CC3)C2=O)c1. The molecule has 7 nitrogen and oxygen atoms in total. The van der Waals surface area contributed by atoms with Gasteiger partial charge in [0.2, 0.25) is 0 Å². The van der Waals surface area contributed by atoms with Crippen LogP contribution in [0.3, 0.4) is 0 Å². The van der Waals surface area contributed by atoms with Crippen molar-refractivity contribution in [2.75, 3.05) is 46.3 Å². The van der Waals surface area contributed by atoms with Crippen LogP contribution in [-0.2, 0) is 9.59 Å². The number of hydrogen-bond donors (Lipinski definition) is 0. The van der Waals surface area contributed by atoms with Crippen molar-refractivity contribution in [2.24, 2.45) is 0 Å². The number of carbonyl (C=O) groups is 2. The van der Waals surface area contributed by atoms with Crippen LogP contribution in [0.4, 0.5) is 5.69 Å². The maximum Gasteiger partial charge on any atom is 0.282 e. The fourth-order valence-electron chi connectivity index (χ4n) is 4.24. The van der Waals surface area contributed by atoms with Gasteiger partial charge in [-0.3, -0.25) is 9.59 Å². The molecule has 0 aliphatic carbocycles. The molecule has 0 N–H and O–H groups in total. The molecule has 2 aromatic rings. The highest BCUT2D eigenvalue weighted by molar-refractivity contribution is 7.11. The Morgan fingerprint density at radius 3 is 2.42 bits per heavy atom. The first-order chi connectivity index (χ1) is 15.0. The van der Waals surface area contributed by atoms with Crippen LogP contribution >= 0.6 is 11.3 Å². The second-order valence-corrected chi connectivity index (χ2v) is 8.78. The number of imide groups is 1. The van der Waals surface area contributed by atoms with Crippen LogP contribution in [0, 0.1) is 0 Å². The van der Waals surface area contributed by atoms with Crippen LogP contribution in [0.25, 0.3) is 5.57 Å². The Kier molecular flexibility index (Phi) is 6.02. The molecule has 0 spiro atoms. The summed E-state index contributed by atoms with van der Waals surface area (Å²) in [6, 6.07) is 9.10. The molecule has 1 aromatic heterocycles. The summed E-state index contributed by atoms with van der Waals surface area (Å²) in [5, 5.41) is 1.92. The Morgan fingerprint density at radius 1 is 1.06 bits per heavy atom. The van der Waals surface area contributed by atoms with Gasteiger partial charge in [-0.2, -0.15) is 0 Å². The van der Waals surface area contributed by atoms with E-state index in [9.17, 15) is 9.59 Å². The molecule has 4 rings (SSSR count). The summed E-state index contributed by atoms with van der Waals surface area (Å²) in [5.74, 6) is 0.317. The standard InChI is InChI=1S/C23H27N3O4S/c1-24-11-9-15(10-12-24)25(2)21-20(19-6-5-13-31-19)22(27)26(23(21)28)17-14-16(29-3)7-8-18(17)30-4/h5-8,13-15H,9-12H2,1-4H3. The smallest absolute Gasteiger partial charge is 0.282 e. The number of likely N-dealkylation sites (tertiary alicyclic amines) is 1. The zero-order valence-corrected chi connectivity index (χ0v) is 19.1. The lowest BCUT2D eigenvalue weighted by molar-refractivity contribution is -0.120. The summed E-state index contributed by atoms with van der Waals surface area (Å²) >= 11 is 1.46. The maximum absolute atomic E-state index is 13.7. The maximum atomic E-state index is 13.7. The van der Waals surface area contributed by atoms with E-state index in [2.05, 4.69) is 11.9 Å². The Hall–Kier alpha value is -2.84. The molecule has 2 aliphatic heterocycles. The summed E-state index contributed by atoms with van der Waals surface area (Å²) in [7, 11) is 7.10. The largest absolute Gasteiger partial charge is 0.497 e. The molecular formula is C23H27N3O4S. The minimum Gasteiger partial charge on any atom is -0.497 e. The Bertz CT molecular complexity index is 1010. The summed E-state index contributed by atoms with van der Waals surface area (Å²) in [6.07, 6.45) is 1.89. The van der Waals surface area contributed by atoms with Crippen molar-refractivity contribution in [1.29, 1.82) is 0 Å². The fourth-order valence-corrected chi connectivity index (χ4v) is 5.01. The van der Waals surface area contributed by atoms with E-state index in [-0.39, 0.29) is 17.9 Å². The van der Waals surface area contributed by atoms with E-state index in [1.807, 2.05) is 29.5 Å². The summed E-state index contributed by atoms with van der Waals surface area (Å²) in [4.78, 5) is 33.7. The van der Waals surface area contributed by atoms with Crippen LogP contribution in [-0.4, -0.2) is 69.1 Å². The van der Waals surface area contributed by atoms with Crippen molar-refractivity contribution in [1.82, 2.24) is 9.80 Å². The topological polar surface area (TPSA) is 62.3 Å². The predicted octanol–water partition coefficient (Wildman–Crippen LogP) is 3.08. The van der Waals surface area contributed by atoms with Crippen molar-refractivity contribution in [2.45, 2.75) is 18.9 Å². The second-order valence-electron chi connectivity index (χ2n) is 7.83. The Labute approximate surface area is 186 Å². The molecule has 0 saturated carbocycles. The molecule has 0 atom stereocenters. The summed E-state index contributed by atoms with van der Waals surface area (Å²) in [6.45, 7) is 1.93. The molecule has 164 valence electrons. The molecule has 8 heteroatoms. The van der Waals surface area contributed by atoms with Gasteiger partial charge in [0.25, 0.3) is 11.8 Å². The molecule has 0 unspecified atom stereocenters. The molecular weight excluding hydrogens is 414 g/mol. The van der Waals surface area contributed by atoms with Gasteiger partial charge in [0.1, 0.15) is 17.2 Å². The lowest BCUT2D eigenvalue weighted by Crippen LogP contribution is -2.43. The highest BCUT2D eigenvalue weighted by atomic mass is 32.1. The van der Waals surface area contributed by atoms with E-state index in [0.717, 1.165) is 30.8 Å². The van der Waals surface area contributed by atoms with Crippen LogP contribution in [0.1, 0.15) is 17.7 Å². The number of anilines is 1. The van der Waals surface area contributed by atoms with Crippen LogP contribution < -0.4 is 14.4 Å². The number of rotatable bonds is 6. The van der Waals surface area contributed by atoms with Gasteiger partial charge in [-0.1, -0.05) is 6.07 Å². The van der Waals surface area contributed by atoms with E-state index in [1.54, 1.807) is 25.3 Å². The molecule has 31 heavy (non-hydrogen) atoms. The van der Waals surface area contributed by atoms with Gasteiger partial charge in [0, 0.05) is 24.0 Å². The summed E-state index contributed by atoms with van der Waals surface area (Å²) < 4.78 is 10.8. The van der Waals surface area contributed by atoms with Crippen LogP contribution in [0.5, 0.6) is 11.5 Å². The van der Waals surface area contributed by atoms with Gasteiger partial charge in [-0.25, -0.2) is 4.90 Å². The van der Waals surface area contributed by atoms with Gasteiger partial charge >= 0.3 is 0 Å². The molecule has 1 aromatic carbocycles. The van der Waals surface area contributed by atoms with E-state index in [0.29, 0.717) is 28.5 Å². The van der Waals surface area contributed by atoms with Crippen LogP contribution in [0.15, 0.2) is 41.4 Å². The third-order valence-electron chi connectivity index (χ3n) is 6.04. The van der Waals surface area contributed by atoms with Gasteiger partial charge in [0.05, 0.1) is 25.5 Å². The Morgan fingerprint density at radius 2 is 1.81 bits per heavy atom. The number of carbonyl (C=O) groups excluding carboxylic acids is 2. The average molecular weight is 442 g/mol. The third-order valence-corrected chi connectivity index (χ3v) is 6.93. The number of nitrogens with zero attached hydrogens (tertiary/aromatic N) is 3.